The second kappa shape index (κ2) is 7.68. The highest BCUT2D eigenvalue weighted by Gasteiger charge is 2.06. The molecule has 0 saturated carbocycles. The highest BCUT2D eigenvalue weighted by molar-refractivity contribution is 5.67. The Bertz CT molecular complexity index is 584. The van der Waals surface area contributed by atoms with Crippen LogP contribution in [0.15, 0.2) is 55.1 Å². The van der Waals surface area contributed by atoms with E-state index < -0.39 is 0 Å². The quantitative estimate of drug-likeness (QED) is 0.637. The van der Waals surface area contributed by atoms with Gasteiger partial charge in [0.25, 0.3) is 0 Å². The lowest BCUT2D eigenvalue weighted by molar-refractivity contribution is 0.306. The summed E-state index contributed by atoms with van der Waals surface area (Å²) in [6.07, 6.45) is 3.18. The Hall–Kier alpha value is -2.02. The van der Waals surface area contributed by atoms with Crippen molar-refractivity contribution >= 4 is 5.57 Å². The van der Waals surface area contributed by atoms with Gasteiger partial charge < -0.3 is 4.74 Å². The predicted octanol–water partition coefficient (Wildman–Crippen LogP) is 5.64. The van der Waals surface area contributed by atoms with Crippen molar-refractivity contribution in [3.63, 3.8) is 0 Å². The lowest BCUT2D eigenvalue weighted by Gasteiger charge is -2.13. The Morgan fingerprint density at radius 3 is 2.48 bits per heavy atom. The standard InChI is InChI=1S/C20H24O/c1-4-9-18-14-19(12-13-20(18)16(3)5-2)21-15-17-10-7-6-8-11-17/h6-8,10-14H,3-5,9,15H2,1-2H3. The van der Waals surface area contributed by atoms with E-state index in [0.29, 0.717) is 6.61 Å². The maximum Gasteiger partial charge on any atom is 0.120 e. The minimum atomic E-state index is 0.612. The van der Waals surface area contributed by atoms with Crippen LogP contribution < -0.4 is 4.74 Å². The van der Waals surface area contributed by atoms with Gasteiger partial charge in [-0.3, -0.25) is 0 Å². The number of allylic oxidation sites excluding steroid dienone is 1. The van der Waals surface area contributed by atoms with Gasteiger partial charge in [0.1, 0.15) is 12.4 Å². The summed E-state index contributed by atoms with van der Waals surface area (Å²) in [7, 11) is 0. The van der Waals surface area contributed by atoms with Crippen molar-refractivity contribution in [3.8, 4) is 5.75 Å². The third-order valence-corrected chi connectivity index (χ3v) is 3.65. The third-order valence-electron chi connectivity index (χ3n) is 3.65. The predicted molar refractivity (Wildman–Crippen MR) is 90.5 cm³/mol. The van der Waals surface area contributed by atoms with Gasteiger partial charge in [-0.1, -0.05) is 63.2 Å². The molecule has 0 amide bonds. The van der Waals surface area contributed by atoms with E-state index in [9.17, 15) is 0 Å². The Kier molecular flexibility index (Phi) is 5.62. The van der Waals surface area contributed by atoms with Gasteiger partial charge in [-0.15, -0.1) is 0 Å². The first-order valence-corrected chi connectivity index (χ1v) is 7.72. The molecule has 0 N–H and O–H groups in total. The Morgan fingerprint density at radius 2 is 1.81 bits per heavy atom. The van der Waals surface area contributed by atoms with Gasteiger partial charge in [-0.25, -0.2) is 0 Å². The molecule has 21 heavy (non-hydrogen) atoms. The minimum absolute atomic E-state index is 0.612. The molecule has 0 aliphatic carbocycles. The van der Waals surface area contributed by atoms with Crippen molar-refractivity contribution < 1.29 is 4.74 Å². The minimum Gasteiger partial charge on any atom is -0.489 e. The van der Waals surface area contributed by atoms with Crippen LogP contribution in [0.4, 0.5) is 0 Å². The molecule has 0 radical (unpaired) electrons. The van der Waals surface area contributed by atoms with Crippen LogP contribution in [-0.4, -0.2) is 0 Å². The van der Waals surface area contributed by atoms with Crippen LogP contribution in [0.3, 0.4) is 0 Å². The van der Waals surface area contributed by atoms with E-state index in [1.165, 1.54) is 22.3 Å². The summed E-state index contributed by atoms with van der Waals surface area (Å²) in [6, 6.07) is 16.6. The molecule has 0 atom stereocenters. The number of aryl methyl sites for hydroxylation is 1. The van der Waals surface area contributed by atoms with Crippen LogP contribution in [0, 0.1) is 0 Å². The fourth-order valence-electron chi connectivity index (χ4n) is 2.41. The van der Waals surface area contributed by atoms with Gasteiger partial charge in [0.15, 0.2) is 0 Å². The molecule has 0 unspecified atom stereocenters. The van der Waals surface area contributed by atoms with E-state index in [1.807, 2.05) is 18.2 Å². The van der Waals surface area contributed by atoms with Crippen LogP contribution in [0.25, 0.3) is 5.57 Å². The van der Waals surface area contributed by atoms with Crippen molar-refractivity contribution in [3.05, 3.63) is 71.8 Å². The fourth-order valence-corrected chi connectivity index (χ4v) is 2.41. The van der Waals surface area contributed by atoms with Crippen molar-refractivity contribution in [2.24, 2.45) is 0 Å². The van der Waals surface area contributed by atoms with E-state index in [1.54, 1.807) is 0 Å². The first-order chi connectivity index (χ1) is 10.2. The maximum absolute atomic E-state index is 5.92. The highest BCUT2D eigenvalue weighted by Crippen LogP contribution is 2.26. The summed E-state index contributed by atoms with van der Waals surface area (Å²) in [5, 5.41) is 0. The van der Waals surface area contributed by atoms with Crippen LogP contribution in [0.5, 0.6) is 5.75 Å². The molecule has 2 rings (SSSR count). The van der Waals surface area contributed by atoms with Crippen molar-refractivity contribution in [2.75, 3.05) is 0 Å². The lowest BCUT2D eigenvalue weighted by atomic mass is 9.96. The van der Waals surface area contributed by atoms with Gasteiger partial charge in [0.2, 0.25) is 0 Å². The first-order valence-electron chi connectivity index (χ1n) is 7.72. The summed E-state index contributed by atoms with van der Waals surface area (Å²) in [4.78, 5) is 0. The molecule has 110 valence electrons. The highest BCUT2D eigenvalue weighted by atomic mass is 16.5. The van der Waals surface area contributed by atoms with E-state index in [2.05, 4.69) is 50.8 Å². The summed E-state index contributed by atoms with van der Waals surface area (Å²) < 4.78 is 5.92. The van der Waals surface area contributed by atoms with Crippen molar-refractivity contribution in [1.29, 1.82) is 0 Å². The molecule has 1 heteroatoms. The van der Waals surface area contributed by atoms with Gasteiger partial charge in [0.05, 0.1) is 0 Å². The molecule has 2 aromatic carbocycles. The SMILES string of the molecule is C=C(CC)c1ccc(OCc2ccccc2)cc1CCC. The average molecular weight is 280 g/mol. The molecule has 0 aromatic heterocycles. The number of hydrogen-bond donors (Lipinski definition) is 0. The van der Waals surface area contributed by atoms with Gasteiger partial charge in [-0.05, 0) is 47.2 Å². The Labute approximate surface area is 128 Å². The van der Waals surface area contributed by atoms with Crippen LogP contribution >= 0.6 is 0 Å². The Morgan fingerprint density at radius 1 is 1.05 bits per heavy atom. The average Bonchev–Trinajstić information content (AvgIpc) is 2.54. The Balaban J connectivity index is 2.13. The molecule has 0 aliphatic rings. The molecule has 0 fully saturated rings. The van der Waals surface area contributed by atoms with Crippen molar-refractivity contribution in [1.82, 2.24) is 0 Å². The first kappa shape index (κ1) is 15.4. The zero-order chi connectivity index (χ0) is 15.1. The topological polar surface area (TPSA) is 9.23 Å². The largest absolute Gasteiger partial charge is 0.489 e. The van der Waals surface area contributed by atoms with Gasteiger partial charge in [-0.2, -0.15) is 0 Å². The van der Waals surface area contributed by atoms with Gasteiger partial charge in [0, 0.05) is 0 Å². The van der Waals surface area contributed by atoms with E-state index in [-0.39, 0.29) is 0 Å². The van der Waals surface area contributed by atoms with E-state index >= 15 is 0 Å². The monoisotopic (exact) mass is 280 g/mol. The van der Waals surface area contributed by atoms with E-state index in [4.69, 9.17) is 4.74 Å². The third kappa shape index (κ3) is 4.22. The molecule has 0 heterocycles. The summed E-state index contributed by atoms with van der Waals surface area (Å²) >= 11 is 0. The molecular formula is C20H24O. The fraction of sp³-hybridized carbons (Fsp3) is 0.300. The van der Waals surface area contributed by atoms with Gasteiger partial charge >= 0.3 is 0 Å². The van der Waals surface area contributed by atoms with Crippen LogP contribution in [0.2, 0.25) is 0 Å². The molecule has 2 aromatic rings. The number of benzene rings is 2. The normalized spacial score (nSPS) is 10.4. The zero-order valence-electron chi connectivity index (χ0n) is 13.1. The molecule has 1 nitrogen and oxygen atoms in total. The molecule has 0 bridgehead atoms. The smallest absolute Gasteiger partial charge is 0.120 e. The van der Waals surface area contributed by atoms with E-state index in [0.717, 1.165) is 25.0 Å². The van der Waals surface area contributed by atoms with Crippen LogP contribution in [-0.2, 0) is 13.0 Å². The molecule has 0 spiro atoms. The maximum atomic E-state index is 5.92. The molecule has 0 aliphatic heterocycles. The summed E-state index contributed by atoms with van der Waals surface area (Å²) in [6.45, 7) is 9.14. The second-order valence-corrected chi connectivity index (χ2v) is 5.30. The second-order valence-electron chi connectivity index (χ2n) is 5.30. The lowest BCUT2D eigenvalue weighted by Crippen LogP contribution is -1.98. The summed E-state index contributed by atoms with van der Waals surface area (Å²) in [5.74, 6) is 0.940. The number of rotatable bonds is 7. The molecule has 0 saturated heterocycles. The zero-order valence-corrected chi connectivity index (χ0v) is 13.1. The van der Waals surface area contributed by atoms with Crippen molar-refractivity contribution in [2.45, 2.75) is 39.7 Å². The van der Waals surface area contributed by atoms with Crippen LogP contribution in [0.1, 0.15) is 43.4 Å². The summed E-state index contributed by atoms with van der Waals surface area (Å²) in [5.41, 5.74) is 5.02. The molecular weight excluding hydrogens is 256 g/mol. The number of hydrogen-bond acceptors (Lipinski definition) is 1. The number of ether oxygens (including phenoxy) is 1.